The van der Waals surface area contributed by atoms with Gasteiger partial charge in [-0.2, -0.15) is 0 Å². The molecule has 0 saturated carbocycles. The van der Waals surface area contributed by atoms with E-state index < -0.39 is 0 Å². The molecule has 0 aromatic heterocycles. The molecule has 1 nitrogen and oxygen atoms in total. The molecule has 2 rings (SSSR count). The molecule has 0 aliphatic rings. The van der Waals surface area contributed by atoms with Crippen molar-refractivity contribution in [3.05, 3.63) is 76.4 Å². The van der Waals surface area contributed by atoms with Gasteiger partial charge in [0.05, 0.1) is 7.11 Å². The number of rotatable bonds is 7. The molecule has 0 unspecified atom stereocenters. The molecule has 2 aromatic rings. The predicted molar refractivity (Wildman–Crippen MR) is 114 cm³/mol. The number of hydrogen-bond donors (Lipinski definition) is 0. The van der Waals surface area contributed by atoms with Crippen LogP contribution in [0.2, 0.25) is 0 Å². The van der Waals surface area contributed by atoms with Crippen LogP contribution in [0.3, 0.4) is 0 Å². The van der Waals surface area contributed by atoms with E-state index >= 15 is 0 Å². The highest BCUT2D eigenvalue weighted by molar-refractivity contribution is 5.69. The highest BCUT2D eigenvalue weighted by Crippen LogP contribution is 2.30. The minimum absolute atomic E-state index is 0.893. The van der Waals surface area contributed by atoms with Gasteiger partial charge in [-0.15, -0.1) is 0 Å². The van der Waals surface area contributed by atoms with Gasteiger partial charge in [0.15, 0.2) is 0 Å². The van der Waals surface area contributed by atoms with Crippen LogP contribution in [0.25, 0.3) is 11.1 Å². The fourth-order valence-electron chi connectivity index (χ4n) is 3.07. The molecule has 0 heterocycles. The fourth-order valence-corrected chi connectivity index (χ4v) is 3.07. The van der Waals surface area contributed by atoms with Gasteiger partial charge in [0, 0.05) is 0 Å². The van der Waals surface area contributed by atoms with Crippen LogP contribution in [0.4, 0.5) is 0 Å². The van der Waals surface area contributed by atoms with Crippen LogP contribution in [0.5, 0.6) is 5.75 Å². The van der Waals surface area contributed by atoms with Crippen molar-refractivity contribution in [3.8, 4) is 16.9 Å². The summed E-state index contributed by atoms with van der Waals surface area (Å²) in [6.45, 7) is 15.2. The summed E-state index contributed by atoms with van der Waals surface area (Å²) in [6.07, 6.45) is 3.05. The summed E-state index contributed by atoms with van der Waals surface area (Å²) >= 11 is 0. The molecular formula is C25H32O. The van der Waals surface area contributed by atoms with Crippen LogP contribution in [-0.4, -0.2) is 7.11 Å². The molecule has 0 aliphatic heterocycles. The maximum atomic E-state index is 5.30. The molecule has 0 fully saturated rings. The number of benzene rings is 2. The van der Waals surface area contributed by atoms with E-state index in [0.717, 1.165) is 25.0 Å². The zero-order valence-corrected chi connectivity index (χ0v) is 17.2. The molecule has 1 heteroatoms. The Morgan fingerprint density at radius 2 is 1.58 bits per heavy atom. The summed E-state index contributed by atoms with van der Waals surface area (Å²) in [5.41, 5.74) is 10.8. The second kappa shape index (κ2) is 8.89. The Hall–Kier alpha value is -2.28. The number of aryl methyl sites for hydroxylation is 3. The highest BCUT2D eigenvalue weighted by Gasteiger charge is 2.09. The Labute approximate surface area is 159 Å². The first-order valence-electron chi connectivity index (χ1n) is 9.36. The average Bonchev–Trinajstić information content (AvgIpc) is 2.62. The molecule has 0 aliphatic carbocycles. The van der Waals surface area contributed by atoms with Gasteiger partial charge < -0.3 is 4.74 Å². The van der Waals surface area contributed by atoms with E-state index in [4.69, 9.17) is 4.74 Å². The topological polar surface area (TPSA) is 9.23 Å². The Kier molecular flexibility index (Phi) is 6.85. The maximum Gasteiger partial charge on any atom is 0.118 e. The standard InChI is InChI=1S/C25H32O/c1-17(2)19(4)14-18(3)8-9-23-15-20(5)21(6)16-25(23)22-10-12-24(26-7)13-11-22/h10-13,15-16H,3,8-9,14H2,1-2,4-7H3. The summed E-state index contributed by atoms with van der Waals surface area (Å²) in [4.78, 5) is 0. The van der Waals surface area contributed by atoms with E-state index in [1.54, 1.807) is 7.11 Å². The van der Waals surface area contributed by atoms with Crippen molar-refractivity contribution in [2.45, 2.75) is 53.9 Å². The van der Waals surface area contributed by atoms with Crippen LogP contribution < -0.4 is 4.74 Å². The molecule has 0 atom stereocenters. The highest BCUT2D eigenvalue weighted by atomic mass is 16.5. The molecule has 0 radical (unpaired) electrons. The van der Waals surface area contributed by atoms with Gasteiger partial charge in [-0.25, -0.2) is 0 Å². The maximum absolute atomic E-state index is 5.30. The van der Waals surface area contributed by atoms with Crippen molar-refractivity contribution in [2.24, 2.45) is 0 Å². The van der Waals surface area contributed by atoms with E-state index in [0.29, 0.717) is 0 Å². The number of ether oxygens (including phenoxy) is 1. The molecular weight excluding hydrogens is 316 g/mol. The summed E-state index contributed by atoms with van der Waals surface area (Å²) in [7, 11) is 1.70. The zero-order chi connectivity index (χ0) is 19.3. The quantitative estimate of drug-likeness (QED) is 0.480. The van der Waals surface area contributed by atoms with Crippen molar-refractivity contribution in [1.82, 2.24) is 0 Å². The van der Waals surface area contributed by atoms with E-state index in [-0.39, 0.29) is 0 Å². The summed E-state index contributed by atoms with van der Waals surface area (Å²) in [5.74, 6) is 0.893. The van der Waals surface area contributed by atoms with Crippen LogP contribution in [-0.2, 0) is 6.42 Å². The van der Waals surface area contributed by atoms with Crippen molar-refractivity contribution in [2.75, 3.05) is 7.11 Å². The lowest BCUT2D eigenvalue weighted by atomic mass is 9.90. The minimum Gasteiger partial charge on any atom is -0.497 e. The van der Waals surface area contributed by atoms with Crippen molar-refractivity contribution < 1.29 is 4.74 Å². The second-order valence-electron chi connectivity index (χ2n) is 7.53. The second-order valence-corrected chi connectivity index (χ2v) is 7.53. The molecule has 0 amide bonds. The fraction of sp³-hybridized carbons (Fsp3) is 0.360. The molecule has 0 N–H and O–H groups in total. The van der Waals surface area contributed by atoms with Gasteiger partial charge in [-0.3, -0.25) is 0 Å². The predicted octanol–water partition coefficient (Wildman–Crippen LogP) is 7.21. The SMILES string of the molecule is C=C(CCc1cc(C)c(C)cc1-c1ccc(OC)cc1)CC(C)=C(C)C. The Morgan fingerprint density at radius 3 is 2.15 bits per heavy atom. The lowest BCUT2D eigenvalue weighted by molar-refractivity contribution is 0.415. The van der Waals surface area contributed by atoms with Crippen molar-refractivity contribution in [1.29, 1.82) is 0 Å². The smallest absolute Gasteiger partial charge is 0.118 e. The third-order valence-electron chi connectivity index (χ3n) is 5.24. The lowest BCUT2D eigenvalue weighted by Crippen LogP contribution is -1.96. The largest absolute Gasteiger partial charge is 0.497 e. The first-order chi connectivity index (χ1) is 12.3. The van der Waals surface area contributed by atoms with E-state index in [9.17, 15) is 0 Å². The number of allylic oxidation sites excluding steroid dienone is 3. The zero-order valence-electron chi connectivity index (χ0n) is 17.2. The summed E-state index contributed by atoms with van der Waals surface area (Å²) < 4.78 is 5.30. The van der Waals surface area contributed by atoms with Gasteiger partial charge in [-0.1, -0.05) is 47.6 Å². The van der Waals surface area contributed by atoms with Crippen molar-refractivity contribution >= 4 is 0 Å². The van der Waals surface area contributed by atoms with Crippen LogP contribution in [0.15, 0.2) is 59.7 Å². The third-order valence-corrected chi connectivity index (χ3v) is 5.24. The van der Waals surface area contributed by atoms with Gasteiger partial charge in [-0.05, 0) is 93.8 Å². The van der Waals surface area contributed by atoms with E-state index in [2.05, 4.69) is 65.5 Å². The molecule has 2 aromatic carbocycles. The first-order valence-corrected chi connectivity index (χ1v) is 9.36. The molecule has 0 bridgehead atoms. The normalized spacial score (nSPS) is 10.5. The van der Waals surface area contributed by atoms with Gasteiger partial charge in [0.2, 0.25) is 0 Å². The third kappa shape index (κ3) is 5.11. The monoisotopic (exact) mass is 348 g/mol. The van der Waals surface area contributed by atoms with Crippen LogP contribution >= 0.6 is 0 Å². The van der Waals surface area contributed by atoms with Crippen LogP contribution in [0, 0.1) is 13.8 Å². The summed E-state index contributed by atoms with van der Waals surface area (Å²) in [6, 6.07) is 13.0. The van der Waals surface area contributed by atoms with Crippen molar-refractivity contribution in [3.63, 3.8) is 0 Å². The molecule has 26 heavy (non-hydrogen) atoms. The molecule has 0 spiro atoms. The first kappa shape index (κ1) is 20.0. The van der Waals surface area contributed by atoms with Crippen LogP contribution in [0.1, 0.15) is 50.3 Å². The average molecular weight is 349 g/mol. The minimum atomic E-state index is 0.893. The molecule has 138 valence electrons. The van der Waals surface area contributed by atoms with E-state index in [1.165, 1.54) is 44.5 Å². The van der Waals surface area contributed by atoms with Gasteiger partial charge in [0.25, 0.3) is 0 Å². The summed E-state index contributed by atoms with van der Waals surface area (Å²) in [5, 5.41) is 0. The van der Waals surface area contributed by atoms with Gasteiger partial charge in [0.1, 0.15) is 5.75 Å². The number of methoxy groups -OCH3 is 1. The molecule has 0 saturated heterocycles. The Balaban J connectivity index is 2.25. The Bertz CT molecular complexity index is 803. The Morgan fingerprint density at radius 1 is 0.962 bits per heavy atom. The van der Waals surface area contributed by atoms with Gasteiger partial charge >= 0.3 is 0 Å². The lowest BCUT2D eigenvalue weighted by Gasteiger charge is -2.15. The van der Waals surface area contributed by atoms with E-state index in [1.807, 2.05) is 12.1 Å². The number of hydrogen-bond acceptors (Lipinski definition) is 1.